The number of nitrogen functional groups attached to an aromatic ring is 1. The maximum atomic E-state index is 6.56. The summed E-state index contributed by atoms with van der Waals surface area (Å²) in [5, 5.41) is 5.40. The fourth-order valence-corrected chi connectivity index (χ4v) is 4.52. The molecule has 3 aromatic rings. The van der Waals surface area contributed by atoms with Crippen LogP contribution in [0.15, 0.2) is 36.8 Å². The van der Waals surface area contributed by atoms with E-state index in [0.717, 1.165) is 64.1 Å². The van der Waals surface area contributed by atoms with Crippen molar-refractivity contribution in [3.63, 3.8) is 0 Å². The number of halogens is 1. The number of nitrogens with two attached hydrogens (primary N) is 1. The van der Waals surface area contributed by atoms with Crippen LogP contribution in [0.4, 0.5) is 5.82 Å². The second-order valence-electron chi connectivity index (χ2n) is 8.59. The average Bonchev–Trinajstić information content (AvgIpc) is 3.26. The standard InChI is InChI=1S/C26H35ClN4O/c1-6-8-23(9-7-2)31-15-22(14-30-31)20-12-21(26(28)29-13-20)16-32-19(5)24-17(3)10-11-18(4)25(24)27/h10-15,19,23H,6-9,16H2,1-5H3,(H2,28,29). The number of benzene rings is 1. The summed E-state index contributed by atoms with van der Waals surface area (Å²) in [4.78, 5) is 4.42. The maximum absolute atomic E-state index is 6.56. The molecule has 0 saturated carbocycles. The molecule has 3 rings (SSSR count). The molecular weight excluding hydrogens is 420 g/mol. The number of anilines is 1. The molecule has 1 unspecified atom stereocenters. The summed E-state index contributed by atoms with van der Waals surface area (Å²) >= 11 is 6.56. The number of aromatic nitrogens is 3. The van der Waals surface area contributed by atoms with Crippen molar-refractivity contribution in [1.29, 1.82) is 0 Å². The zero-order valence-corrected chi connectivity index (χ0v) is 20.6. The van der Waals surface area contributed by atoms with Gasteiger partial charge in [0, 0.05) is 39.7 Å². The Kier molecular flexibility index (Phi) is 8.32. The molecule has 172 valence electrons. The number of hydrogen-bond donors (Lipinski definition) is 1. The first kappa shape index (κ1) is 24.3. The summed E-state index contributed by atoms with van der Waals surface area (Å²) in [6.45, 7) is 10.9. The van der Waals surface area contributed by atoms with Crippen molar-refractivity contribution in [2.75, 3.05) is 5.73 Å². The Morgan fingerprint density at radius 1 is 1.06 bits per heavy atom. The molecule has 6 heteroatoms. The van der Waals surface area contributed by atoms with Gasteiger partial charge in [-0.15, -0.1) is 0 Å². The predicted molar refractivity (Wildman–Crippen MR) is 133 cm³/mol. The molecule has 0 bridgehead atoms. The summed E-state index contributed by atoms with van der Waals surface area (Å²) in [7, 11) is 0. The summed E-state index contributed by atoms with van der Waals surface area (Å²) in [6.07, 6.45) is 10.2. The molecule has 0 aliphatic rings. The summed E-state index contributed by atoms with van der Waals surface area (Å²) in [5.41, 5.74) is 12.3. The van der Waals surface area contributed by atoms with E-state index in [0.29, 0.717) is 18.5 Å². The first-order valence-electron chi connectivity index (χ1n) is 11.5. The van der Waals surface area contributed by atoms with E-state index in [2.05, 4.69) is 53.9 Å². The van der Waals surface area contributed by atoms with Gasteiger partial charge in [-0.25, -0.2) is 4.98 Å². The third-order valence-corrected chi connectivity index (χ3v) is 6.54. The van der Waals surface area contributed by atoms with Crippen molar-refractivity contribution in [3.8, 4) is 11.1 Å². The van der Waals surface area contributed by atoms with Crippen LogP contribution in [-0.4, -0.2) is 14.8 Å². The molecule has 1 aromatic carbocycles. The van der Waals surface area contributed by atoms with Crippen LogP contribution in [-0.2, 0) is 11.3 Å². The van der Waals surface area contributed by atoms with Gasteiger partial charge in [-0.3, -0.25) is 4.68 Å². The molecule has 0 aliphatic heterocycles. The van der Waals surface area contributed by atoms with Gasteiger partial charge in [0.1, 0.15) is 5.82 Å². The molecule has 1 atom stereocenters. The summed E-state index contributed by atoms with van der Waals surface area (Å²) < 4.78 is 8.28. The molecule has 0 saturated heterocycles. The van der Waals surface area contributed by atoms with Gasteiger partial charge in [0.15, 0.2) is 0 Å². The summed E-state index contributed by atoms with van der Waals surface area (Å²) in [5.74, 6) is 0.482. The molecule has 0 amide bonds. The lowest BCUT2D eigenvalue weighted by molar-refractivity contribution is 0.0524. The van der Waals surface area contributed by atoms with E-state index in [1.165, 1.54) is 0 Å². The van der Waals surface area contributed by atoms with Crippen LogP contribution in [0.2, 0.25) is 5.02 Å². The lowest BCUT2D eigenvalue weighted by atomic mass is 10.0. The highest BCUT2D eigenvalue weighted by molar-refractivity contribution is 6.32. The fraction of sp³-hybridized carbons (Fsp3) is 0.462. The molecule has 0 spiro atoms. The third-order valence-electron chi connectivity index (χ3n) is 6.04. The lowest BCUT2D eigenvalue weighted by Crippen LogP contribution is -2.09. The van der Waals surface area contributed by atoms with Crippen LogP contribution < -0.4 is 5.73 Å². The van der Waals surface area contributed by atoms with Gasteiger partial charge in [0.25, 0.3) is 0 Å². The molecular formula is C26H35ClN4O. The van der Waals surface area contributed by atoms with Gasteiger partial charge in [-0.05, 0) is 50.8 Å². The number of pyridine rings is 1. The van der Waals surface area contributed by atoms with E-state index in [4.69, 9.17) is 22.1 Å². The van der Waals surface area contributed by atoms with Crippen LogP contribution in [0.1, 0.15) is 80.9 Å². The number of nitrogens with zero attached hydrogens (tertiary/aromatic N) is 3. The Balaban J connectivity index is 1.78. The van der Waals surface area contributed by atoms with Crippen LogP contribution in [0.5, 0.6) is 0 Å². The molecule has 32 heavy (non-hydrogen) atoms. The maximum Gasteiger partial charge on any atom is 0.128 e. The van der Waals surface area contributed by atoms with E-state index in [1.807, 2.05) is 26.1 Å². The highest BCUT2D eigenvalue weighted by Gasteiger charge is 2.17. The molecule has 2 N–H and O–H groups in total. The molecule has 0 fully saturated rings. The second-order valence-corrected chi connectivity index (χ2v) is 8.97. The van der Waals surface area contributed by atoms with Crippen molar-refractivity contribution in [2.45, 2.75) is 79.1 Å². The van der Waals surface area contributed by atoms with Crippen LogP contribution >= 0.6 is 11.6 Å². The van der Waals surface area contributed by atoms with Gasteiger partial charge in [0.05, 0.1) is 24.9 Å². The topological polar surface area (TPSA) is 66.0 Å². The largest absolute Gasteiger partial charge is 0.383 e. The van der Waals surface area contributed by atoms with Crippen LogP contribution in [0.3, 0.4) is 0 Å². The second kappa shape index (κ2) is 11.0. The van der Waals surface area contributed by atoms with Crippen molar-refractivity contribution < 1.29 is 4.74 Å². The number of hydrogen-bond acceptors (Lipinski definition) is 4. The van der Waals surface area contributed by atoms with Crippen molar-refractivity contribution in [3.05, 3.63) is 64.1 Å². The predicted octanol–water partition coefficient (Wildman–Crippen LogP) is 7.22. The molecule has 0 aliphatic carbocycles. The molecule has 0 radical (unpaired) electrons. The third kappa shape index (κ3) is 5.51. The molecule has 2 heterocycles. The van der Waals surface area contributed by atoms with Gasteiger partial charge in [-0.2, -0.15) is 5.10 Å². The first-order chi connectivity index (χ1) is 15.3. The number of ether oxygens (including phenoxy) is 1. The Morgan fingerprint density at radius 2 is 1.75 bits per heavy atom. The van der Waals surface area contributed by atoms with Crippen molar-refractivity contribution >= 4 is 17.4 Å². The minimum absolute atomic E-state index is 0.156. The Hall–Kier alpha value is -2.37. The molecule has 5 nitrogen and oxygen atoms in total. The van der Waals surface area contributed by atoms with E-state index < -0.39 is 0 Å². The van der Waals surface area contributed by atoms with Gasteiger partial charge < -0.3 is 10.5 Å². The first-order valence-corrected chi connectivity index (χ1v) is 11.9. The van der Waals surface area contributed by atoms with E-state index in [9.17, 15) is 0 Å². The minimum Gasteiger partial charge on any atom is -0.383 e. The van der Waals surface area contributed by atoms with Crippen LogP contribution in [0.25, 0.3) is 11.1 Å². The molecule has 2 aromatic heterocycles. The summed E-state index contributed by atoms with van der Waals surface area (Å²) in [6, 6.07) is 6.60. The number of rotatable bonds is 10. The zero-order chi connectivity index (χ0) is 23.3. The van der Waals surface area contributed by atoms with E-state index >= 15 is 0 Å². The van der Waals surface area contributed by atoms with Crippen molar-refractivity contribution in [1.82, 2.24) is 14.8 Å². The number of aryl methyl sites for hydroxylation is 2. The average molecular weight is 455 g/mol. The van der Waals surface area contributed by atoms with Gasteiger partial charge >= 0.3 is 0 Å². The fourth-order valence-electron chi connectivity index (χ4n) is 4.15. The zero-order valence-electron chi connectivity index (χ0n) is 19.9. The SMILES string of the molecule is CCCC(CCC)n1cc(-c2cnc(N)c(COC(C)c3c(C)ccc(C)c3Cl)c2)cn1. The Bertz CT molecular complexity index is 1040. The highest BCUT2D eigenvalue weighted by atomic mass is 35.5. The normalized spacial score (nSPS) is 12.5. The van der Waals surface area contributed by atoms with Crippen molar-refractivity contribution in [2.24, 2.45) is 0 Å². The monoisotopic (exact) mass is 454 g/mol. The van der Waals surface area contributed by atoms with Crippen LogP contribution in [0, 0.1) is 13.8 Å². The Labute approximate surface area is 197 Å². The van der Waals surface area contributed by atoms with E-state index in [1.54, 1.807) is 6.20 Å². The smallest absolute Gasteiger partial charge is 0.128 e. The lowest BCUT2D eigenvalue weighted by Gasteiger charge is -2.19. The minimum atomic E-state index is -0.156. The highest BCUT2D eigenvalue weighted by Crippen LogP contribution is 2.32. The quantitative estimate of drug-likeness (QED) is 0.351. The van der Waals surface area contributed by atoms with Gasteiger partial charge in [0.2, 0.25) is 0 Å². The van der Waals surface area contributed by atoms with E-state index in [-0.39, 0.29) is 6.10 Å². The Morgan fingerprint density at radius 3 is 2.44 bits per heavy atom. The van der Waals surface area contributed by atoms with Gasteiger partial charge in [-0.1, -0.05) is 50.4 Å².